The van der Waals surface area contributed by atoms with Crippen molar-refractivity contribution in [1.82, 2.24) is 9.13 Å². The Morgan fingerprint density at radius 1 is 0.364 bits per heavy atom. The number of fused-ring (bicyclic) bond motifs is 6. The fraction of sp³-hybridized carbons (Fsp3) is 0. The lowest BCUT2D eigenvalue weighted by Gasteiger charge is -2.12. The van der Waals surface area contributed by atoms with Crippen LogP contribution in [0.2, 0.25) is 0 Å². The smallest absolute Gasteiger partial charge is 0.0668 e. The Hall–Kier alpha value is -5.86. The maximum atomic E-state index is 10.0. The van der Waals surface area contributed by atoms with Crippen molar-refractivity contribution < 1.29 is 13.7 Å². The maximum Gasteiger partial charge on any atom is 0.0668 e. The first-order valence-electron chi connectivity index (χ1n) is 19.3. The summed E-state index contributed by atoms with van der Waals surface area (Å²) < 4.78 is 94.2. The third kappa shape index (κ3) is 3.82. The summed E-state index contributed by atoms with van der Waals surface area (Å²) in [6, 6.07) is 30.5. The minimum Gasteiger partial charge on any atom is -0.309 e. The molecule has 206 valence electrons. The quantitative estimate of drug-likeness (QED) is 0.199. The molecule has 0 N–H and O–H groups in total. The zero-order valence-electron chi connectivity index (χ0n) is 33.3. The van der Waals surface area contributed by atoms with Gasteiger partial charge in [-0.05, 0) is 70.7 Å². The van der Waals surface area contributed by atoms with Gasteiger partial charge in [-0.25, -0.2) is 0 Å². The second kappa shape index (κ2) is 9.86. The highest BCUT2D eigenvalue weighted by Gasteiger charge is 2.18. The van der Waals surface area contributed by atoms with Gasteiger partial charge < -0.3 is 9.13 Å². The van der Waals surface area contributed by atoms with Gasteiger partial charge in [0.05, 0.1) is 35.8 Å². The number of hydrogen-bond acceptors (Lipinski definition) is 0. The first-order valence-corrected chi connectivity index (χ1v) is 14.3. The van der Waals surface area contributed by atoms with Gasteiger partial charge in [-0.1, -0.05) is 121 Å². The molecule has 0 amide bonds. The molecule has 2 heterocycles. The van der Waals surface area contributed by atoms with E-state index in [1.165, 1.54) is 0 Å². The molecule has 44 heavy (non-hydrogen) atoms. The average Bonchev–Trinajstić information content (AvgIpc) is 3.77. The van der Waals surface area contributed by atoms with E-state index in [1.807, 2.05) is 97.1 Å². The number of para-hydroxylation sites is 2. The summed E-state index contributed by atoms with van der Waals surface area (Å²) in [4.78, 5) is 0. The Bertz CT molecular complexity index is 2840. The standard InChI is InChI=1S/C42H28N2/c1-3-13-29(14-4-1)31-17-11-19-33(25-31)43-39-23-9-7-21-35(39)37-27-38-36-22-8-10-24-40(36)44(42(38)28-41(37)43)34-20-12-18-32(26-34)30-15-5-2-6-16-30/h1-28H/i7D,8D,9D,10D,21D,22D,23D,24D,27D,28D. The van der Waals surface area contributed by atoms with Crippen LogP contribution in [0.25, 0.3) is 77.2 Å². The molecule has 0 saturated heterocycles. The number of rotatable bonds is 4. The minimum atomic E-state index is -0.488. The Kier molecular flexibility index (Phi) is 3.74. The van der Waals surface area contributed by atoms with E-state index in [9.17, 15) is 2.74 Å². The number of hydrogen-bond donors (Lipinski definition) is 0. The molecular formula is C42H28N2. The van der Waals surface area contributed by atoms with Crippen LogP contribution in [0.1, 0.15) is 13.7 Å². The average molecular weight is 571 g/mol. The van der Waals surface area contributed by atoms with E-state index in [2.05, 4.69) is 0 Å². The minimum absolute atomic E-state index is 0.0503. The van der Waals surface area contributed by atoms with E-state index >= 15 is 0 Å². The summed E-state index contributed by atoms with van der Waals surface area (Å²) in [6.07, 6.45) is 0. The second-order valence-electron chi connectivity index (χ2n) is 10.6. The summed E-state index contributed by atoms with van der Waals surface area (Å²) in [7, 11) is 0. The molecule has 0 bridgehead atoms. The maximum absolute atomic E-state index is 10.0. The largest absolute Gasteiger partial charge is 0.309 e. The van der Waals surface area contributed by atoms with Gasteiger partial charge in [-0.3, -0.25) is 0 Å². The summed E-state index contributed by atoms with van der Waals surface area (Å²) in [5.74, 6) is 0. The predicted molar refractivity (Wildman–Crippen MR) is 186 cm³/mol. The van der Waals surface area contributed by atoms with E-state index in [-0.39, 0.29) is 79.9 Å². The van der Waals surface area contributed by atoms with E-state index in [4.69, 9.17) is 11.0 Å². The van der Waals surface area contributed by atoms with E-state index in [1.54, 1.807) is 21.3 Å². The van der Waals surface area contributed by atoms with Gasteiger partial charge in [0.15, 0.2) is 0 Å². The first kappa shape index (κ1) is 16.7. The lowest BCUT2D eigenvalue weighted by molar-refractivity contribution is 1.16. The molecule has 9 rings (SSSR count). The molecule has 0 fully saturated rings. The van der Waals surface area contributed by atoms with Crippen LogP contribution < -0.4 is 0 Å². The van der Waals surface area contributed by atoms with Crippen LogP contribution in [-0.2, 0) is 0 Å². The van der Waals surface area contributed by atoms with Gasteiger partial charge in [0, 0.05) is 32.9 Å². The molecule has 0 atom stereocenters. The molecule has 2 aromatic heterocycles. The van der Waals surface area contributed by atoms with Crippen molar-refractivity contribution in [2.45, 2.75) is 0 Å². The molecule has 0 aliphatic rings. The van der Waals surface area contributed by atoms with Gasteiger partial charge >= 0.3 is 0 Å². The van der Waals surface area contributed by atoms with Crippen LogP contribution in [-0.4, -0.2) is 9.13 Å². The highest BCUT2D eigenvalue weighted by molar-refractivity contribution is 6.19. The van der Waals surface area contributed by atoms with E-state index in [0.717, 1.165) is 22.3 Å². The third-order valence-electron chi connectivity index (χ3n) is 8.11. The van der Waals surface area contributed by atoms with Gasteiger partial charge in [0.1, 0.15) is 0 Å². The molecule has 2 nitrogen and oxygen atoms in total. The van der Waals surface area contributed by atoms with Crippen molar-refractivity contribution in [3.05, 3.63) is 170 Å². The van der Waals surface area contributed by atoms with Gasteiger partial charge in [0.25, 0.3) is 0 Å². The fourth-order valence-electron chi connectivity index (χ4n) is 6.14. The summed E-state index contributed by atoms with van der Waals surface area (Å²) in [6.45, 7) is 0. The summed E-state index contributed by atoms with van der Waals surface area (Å²) in [5.41, 5.74) is 5.00. The van der Waals surface area contributed by atoms with Crippen LogP contribution in [0, 0.1) is 0 Å². The van der Waals surface area contributed by atoms with Crippen LogP contribution in [0.3, 0.4) is 0 Å². The zero-order valence-corrected chi connectivity index (χ0v) is 23.3. The van der Waals surface area contributed by atoms with E-state index in [0.29, 0.717) is 11.4 Å². The SMILES string of the molecule is [2H]c1c([2H])c([2H])c2c(c1[2H])c1c([2H])c3c4c([2H])c([2H])c([2H])c([2H])c4n(-c4cccc(-c5ccccc5)c4)c3c([2H])c1n2-c1cccc(-c2ccccc2)c1. The highest BCUT2D eigenvalue weighted by Crippen LogP contribution is 2.40. The lowest BCUT2D eigenvalue weighted by Crippen LogP contribution is -1.96. The summed E-state index contributed by atoms with van der Waals surface area (Å²) >= 11 is 0. The van der Waals surface area contributed by atoms with Crippen LogP contribution in [0.4, 0.5) is 0 Å². The van der Waals surface area contributed by atoms with Gasteiger partial charge in [-0.2, -0.15) is 0 Å². The number of aromatic nitrogens is 2. The van der Waals surface area contributed by atoms with Crippen LogP contribution >= 0.6 is 0 Å². The number of benzene rings is 7. The van der Waals surface area contributed by atoms with Crippen LogP contribution in [0.15, 0.2) is 170 Å². The molecule has 0 aliphatic heterocycles. The topological polar surface area (TPSA) is 9.86 Å². The molecule has 0 saturated carbocycles. The van der Waals surface area contributed by atoms with Crippen molar-refractivity contribution in [2.75, 3.05) is 0 Å². The Morgan fingerprint density at radius 2 is 0.795 bits per heavy atom. The van der Waals surface area contributed by atoms with Gasteiger partial charge in [0.2, 0.25) is 0 Å². The van der Waals surface area contributed by atoms with Crippen molar-refractivity contribution in [3.8, 4) is 33.6 Å². The van der Waals surface area contributed by atoms with Crippen molar-refractivity contribution in [1.29, 1.82) is 0 Å². The number of nitrogens with zero attached hydrogens (tertiary/aromatic N) is 2. The Balaban J connectivity index is 1.53. The molecule has 7 aromatic carbocycles. The second-order valence-corrected chi connectivity index (χ2v) is 10.6. The third-order valence-corrected chi connectivity index (χ3v) is 8.11. The first-order chi connectivity index (χ1) is 26.0. The molecule has 9 aromatic rings. The Morgan fingerprint density at radius 3 is 1.27 bits per heavy atom. The predicted octanol–water partition coefficient (Wildman–Crippen LogP) is 11.2. The van der Waals surface area contributed by atoms with E-state index < -0.39 is 24.2 Å². The molecule has 2 heteroatoms. The molecule has 0 spiro atoms. The highest BCUT2D eigenvalue weighted by atomic mass is 15.0. The molecule has 0 radical (unpaired) electrons. The normalized spacial score (nSPS) is 14.8. The van der Waals surface area contributed by atoms with Gasteiger partial charge in [-0.15, -0.1) is 0 Å². The lowest BCUT2D eigenvalue weighted by atomic mass is 10.1. The zero-order chi connectivity index (χ0) is 37.7. The molecule has 0 unspecified atom stereocenters. The van der Waals surface area contributed by atoms with Crippen LogP contribution in [0.5, 0.6) is 0 Å². The summed E-state index contributed by atoms with van der Waals surface area (Å²) in [5, 5.41) is 0.275. The molecular weight excluding hydrogens is 532 g/mol. The monoisotopic (exact) mass is 570 g/mol. The fourth-order valence-corrected chi connectivity index (χ4v) is 6.14. The van der Waals surface area contributed by atoms with Crippen molar-refractivity contribution >= 4 is 43.6 Å². The molecule has 0 aliphatic carbocycles. The Labute approximate surface area is 269 Å². The van der Waals surface area contributed by atoms with Crippen molar-refractivity contribution in [2.24, 2.45) is 0 Å². The van der Waals surface area contributed by atoms with Crippen molar-refractivity contribution in [3.63, 3.8) is 0 Å².